The van der Waals surface area contributed by atoms with Crippen molar-refractivity contribution in [3.8, 4) is 0 Å². The molecule has 1 aromatic heterocycles. The van der Waals surface area contributed by atoms with Gasteiger partial charge >= 0.3 is 0 Å². The number of amides is 1. The van der Waals surface area contributed by atoms with Crippen LogP contribution in [0.5, 0.6) is 0 Å². The number of nitrogens with two attached hydrogens (primary N) is 1. The summed E-state index contributed by atoms with van der Waals surface area (Å²) in [6.45, 7) is 2.31. The van der Waals surface area contributed by atoms with E-state index < -0.39 is 5.95 Å². The van der Waals surface area contributed by atoms with E-state index in [1.807, 2.05) is 6.92 Å². The number of rotatable bonds is 5. The Morgan fingerprint density at radius 2 is 2.38 bits per heavy atom. The Bertz CT molecular complexity index is 340. The summed E-state index contributed by atoms with van der Waals surface area (Å²) in [7, 11) is 0. The first-order valence-corrected chi connectivity index (χ1v) is 5.29. The number of halogens is 1. The van der Waals surface area contributed by atoms with Crippen molar-refractivity contribution in [2.75, 3.05) is 11.9 Å². The molecule has 1 amide bonds. The third-order valence-corrected chi connectivity index (χ3v) is 2.29. The standard InChI is InChI=1S/C11H16FN3O/c1-2-3-8(6-13)11(16)15-9-4-5-10(12)14-7-9/h4-5,7-8H,2-3,6,13H2,1H3,(H,15,16). The minimum absolute atomic E-state index is 0.141. The summed E-state index contributed by atoms with van der Waals surface area (Å²) < 4.78 is 12.5. The largest absolute Gasteiger partial charge is 0.330 e. The first-order chi connectivity index (χ1) is 7.67. The lowest BCUT2D eigenvalue weighted by atomic mass is 10.0. The van der Waals surface area contributed by atoms with E-state index in [4.69, 9.17) is 5.73 Å². The number of anilines is 1. The van der Waals surface area contributed by atoms with Crippen molar-refractivity contribution >= 4 is 11.6 Å². The molecular formula is C11H16FN3O. The first kappa shape index (κ1) is 12.6. The van der Waals surface area contributed by atoms with Crippen molar-refractivity contribution in [2.45, 2.75) is 19.8 Å². The molecule has 0 fully saturated rings. The fourth-order valence-corrected chi connectivity index (χ4v) is 1.40. The van der Waals surface area contributed by atoms with Crippen LogP contribution in [-0.2, 0) is 4.79 Å². The van der Waals surface area contributed by atoms with Crippen molar-refractivity contribution in [3.63, 3.8) is 0 Å². The molecule has 0 saturated heterocycles. The Morgan fingerprint density at radius 1 is 1.62 bits per heavy atom. The van der Waals surface area contributed by atoms with Gasteiger partial charge in [0.05, 0.1) is 17.8 Å². The number of hydrogen-bond donors (Lipinski definition) is 2. The van der Waals surface area contributed by atoms with Gasteiger partial charge in [-0.2, -0.15) is 4.39 Å². The number of nitrogens with one attached hydrogen (secondary N) is 1. The molecule has 5 heteroatoms. The molecule has 1 rings (SSSR count). The van der Waals surface area contributed by atoms with Crippen molar-refractivity contribution in [3.05, 3.63) is 24.3 Å². The summed E-state index contributed by atoms with van der Waals surface area (Å²) in [4.78, 5) is 15.2. The van der Waals surface area contributed by atoms with Crippen LogP contribution in [0.15, 0.2) is 18.3 Å². The summed E-state index contributed by atoms with van der Waals surface area (Å²) in [5.74, 6) is -0.908. The summed E-state index contributed by atoms with van der Waals surface area (Å²) in [5.41, 5.74) is 5.99. The van der Waals surface area contributed by atoms with E-state index >= 15 is 0 Å². The lowest BCUT2D eigenvalue weighted by molar-refractivity contribution is -0.119. The third-order valence-electron chi connectivity index (χ3n) is 2.29. The van der Waals surface area contributed by atoms with Gasteiger partial charge in [0.15, 0.2) is 0 Å². The van der Waals surface area contributed by atoms with Gasteiger partial charge in [0, 0.05) is 6.54 Å². The van der Waals surface area contributed by atoms with E-state index in [2.05, 4.69) is 10.3 Å². The normalized spacial score (nSPS) is 12.2. The molecule has 1 atom stereocenters. The quantitative estimate of drug-likeness (QED) is 0.747. The van der Waals surface area contributed by atoms with Crippen LogP contribution >= 0.6 is 0 Å². The molecular weight excluding hydrogens is 209 g/mol. The van der Waals surface area contributed by atoms with Gasteiger partial charge < -0.3 is 11.1 Å². The monoisotopic (exact) mass is 225 g/mol. The van der Waals surface area contributed by atoms with Crippen molar-refractivity contribution < 1.29 is 9.18 Å². The van der Waals surface area contributed by atoms with Crippen LogP contribution in [0.25, 0.3) is 0 Å². The number of hydrogen-bond acceptors (Lipinski definition) is 3. The predicted molar refractivity (Wildman–Crippen MR) is 60.3 cm³/mol. The highest BCUT2D eigenvalue weighted by atomic mass is 19.1. The minimum atomic E-state index is -0.568. The fourth-order valence-electron chi connectivity index (χ4n) is 1.40. The van der Waals surface area contributed by atoms with Crippen molar-refractivity contribution in [1.29, 1.82) is 0 Å². The summed E-state index contributed by atoms with van der Waals surface area (Å²) in [6.07, 6.45) is 2.93. The molecule has 1 aromatic rings. The summed E-state index contributed by atoms with van der Waals surface area (Å²) >= 11 is 0. The van der Waals surface area contributed by atoms with Crippen LogP contribution in [0.3, 0.4) is 0 Å². The van der Waals surface area contributed by atoms with Crippen LogP contribution in [0.1, 0.15) is 19.8 Å². The Kier molecular flexibility index (Phi) is 4.85. The minimum Gasteiger partial charge on any atom is -0.330 e. The van der Waals surface area contributed by atoms with Crippen LogP contribution in [-0.4, -0.2) is 17.4 Å². The third kappa shape index (κ3) is 3.58. The molecule has 1 heterocycles. The van der Waals surface area contributed by atoms with Gasteiger partial charge in [-0.25, -0.2) is 4.98 Å². The SMILES string of the molecule is CCCC(CN)C(=O)Nc1ccc(F)nc1. The van der Waals surface area contributed by atoms with E-state index in [1.54, 1.807) is 0 Å². The van der Waals surface area contributed by atoms with Crippen LogP contribution in [0.2, 0.25) is 0 Å². The average molecular weight is 225 g/mol. The van der Waals surface area contributed by atoms with E-state index in [1.165, 1.54) is 18.3 Å². The van der Waals surface area contributed by atoms with Crippen molar-refractivity contribution in [1.82, 2.24) is 4.98 Å². The number of nitrogens with zero attached hydrogens (tertiary/aromatic N) is 1. The van der Waals surface area contributed by atoms with E-state index in [-0.39, 0.29) is 11.8 Å². The van der Waals surface area contributed by atoms with E-state index in [0.29, 0.717) is 12.2 Å². The Balaban J connectivity index is 2.59. The van der Waals surface area contributed by atoms with Gasteiger partial charge in [-0.15, -0.1) is 0 Å². The number of carbonyl (C=O) groups is 1. The number of aromatic nitrogens is 1. The topological polar surface area (TPSA) is 68.0 Å². The van der Waals surface area contributed by atoms with Crippen LogP contribution < -0.4 is 11.1 Å². The highest BCUT2D eigenvalue weighted by Gasteiger charge is 2.15. The van der Waals surface area contributed by atoms with Gasteiger partial charge in [0.1, 0.15) is 0 Å². The number of pyridine rings is 1. The van der Waals surface area contributed by atoms with Gasteiger partial charge in [-0.3, -0.25) is 4.79 Å². The lowest BCUT2D eigenvalue weighted by Crippen LogP contribution is -2.29. The molecule has 0 radical (unpaired) electrons. The molecule has 0 spiro atoms. The first-order valence-electron chi connectivity index (χ1n) is 5.29. The zero-order valence-electron chi connectivity index (χ0n) is 9.24. The van der Waals surface area contributed by atoms with E-state index in [9.17, 15) is 9.18 Å². The summed E-state index contributed by atoms with van der Waals surface area (Å²) in [5, 5.41) is 2.66. The van der Waals surface area contributed by atoms with Crippen LogP contribution in [0.4, 0.5) is 10.1 Å². The molecule has 0 saturated carbocycles. The second-order valence-corrected chi connectivity index (χ2v) is 3.58. The lowest BCUT2D eigenvalue weighted by Gasteiger charge is -2.13. The van der Waals surface area contributed by atoms with Crippen LogP contribution in [0, 0.1) is 11.9 Å². The van der Waals surface area contributed by atoms with Crippen molar-refractivity contribution in [2.24, 2.45) is 11.7 Å². The molecule has 0 aromatic carbocycles. The second-order valence-electron chi connectivity index (χ2n) is 3.58. The van der Waals surface area contributed by atoms with Gasteiger partial charge in [0.25, 0.3) is 0 Å². The highest BCUT2D eigenvalue weighted by Crippen LogP contribution is 2.10. The molecule has 16 heavy (non-hydrogen) atoms. The molecule has 0 bridgehead atoms. The maximum atomic E-state index is 12.5. The molecule has 3 N–H and O–H groups in total. The zero-order chi connectivity index (χ0) is 12.0. The molecule has 88 valence electrons. The van der Waals surface area contributed by atoms with Gasteiger partial charge in [0.2, 0.25) is 11.9 Å². The molecule has 0 aliphatic rings. The number of carbonyl (C=O) groups excluding carboxylic acids is 1. The average Bonchev–Trinajstić information content (AvgIpc) is 2.29. The second kappa shape index (κ2) is 6.17. The zero-order valence-corrected chi connectivity index (χ0v) is 9.24. The molecule has 4 nitrogen and oxygen atoms in total. The Morgan fingerprint density at radius 3 is 2.88 bits per heavy atom. The Labute approximate surface area is 94.1 Å². The van der Waals surface area contributed by atoms with Gasteiger partial charge in [-0.05, 0) is 18.6 Å². The summed E-state index contributed by atoms with van der Waals surface area (Å²) in [6, 6.07) is 2.67. The Hall–Kier alpha value is -1.49. The maximum Gasteiger partial charge on any atom is 0.228 e. The fraction of sp³-hybridized carbons (Fsp3) is 0.455. The smallest absolute Gasteiger partial charge is 0.228 e. The molecule has 0 aliphatic carbocycles. The molecule has 1 unspecified atom stereocenters. The highest BCUT2D eigenvalue weighted by molar-refractivity contribution is 5.92. The van der Waals surface area contributed by atoms with Gasteiger partial charge in [-0.1, -0.05) is 13.3 Å². The maximum absolute atomic E-state index is 12.5. The predicted octanol–water partition coefficient (Wildman–Crippen LogP) is 1.53. The van der Waals surface area contributed by atoms with E-state index in [0.717, 1.165) is 12.8 Å². The molecule has 0 aliphatic heterocycles.